The fourth-order valence-electron chi connectivity index (χ4n) is 1.79. The van der Waals surface area contributed by atoms with Crippen LogP contribution in [0.2, 0.25) is 5.15 Å². The number of esters is 1. The second-order valence-corrected chi connectivity index (χ2v) is 5.32. The van der Waals surface area contributed by atoms with E-state index in [0.29, 0.717) is 6.07 Å². The van der Waals surface area contributed by atoms with Crippen molar-refractivity contribution in [3.8, 4) is 0 Å². The van der Waals surface area contributed by atoms with Gasteiger partial charge in [-0.15, -0.1) is 0 Å². The number of amides is 2. The quantitative estimate of drug-likeness (QED) is 0.439. The number of aromatic nitrogens is 1. The van der Waals surface area contributed by atoms with Crippen LogP contribution in [0.15, 0.2) is 30.5 Å². The lowest BCUT2D eigenvalue weighted by Gasteiger charge is -2.09. The predicted octanol–water partition coefficient (Wildman–Crippen LogP) is 2.06. The Balaban J connectivity index is 1.80. The highest BCUT2D eigenvalue weighted by Crippen LogP contribution is 2.19. The molecular formula is C16H11ClF3N3O4. The summed E-state index contributed by atoms with van der Waals surface area (Å²) in [5.74, 6) is -7.35. The number of hydrogen-bond donors (Lipinski definition) is 2. The maximum atomic E-state index is 13.4. The van der Waals surface area contributed by atoms with Gasteiger partial charge in [-0.2, -0.15) is 0 Å². The van der Waals surface area contributed by atoms with Crippen molar-refractivity contribution in [2.75, 3.05) is 18.5 Å². The smallest absolute Gasteiger partial charge is 0.341 e. The molecular weight excluding hydrogens is 391 g/mol. The summed E-state index contributed by atoms with van der Waals surface area (Å²) in [5, 5.41) is 3.96. The Labute approximate surface area is 155 Å². The number of carbonyl (C=O) groups excluding carboxylic acids is 3. The molecule has 11 heteroatoms. The molecule has 1 aromatic heterocycles. The topological polar surface area (TPSA) is 97.4 Å². The van der Waals surface area contributed by atoms with Gasteiger partial charge in [0.25, 0.3) is 5.91 Å². The molecule has 2 rings (SSSR count). The largest absolute Gasteiger partial charge is 0.452 e. The summed E-state index contributed by atoms with van der Waals surface area (Å²) in [4.78, 5) is 38.6. The van der Waals surface area contributed by atoms with Gasteiger partial charge >= 0.3 is 5.97 Å². The Morgan fingerprint density at radius 1 is 1.07 bits per heavy atom. The average Bonchev–Trinajstić information content (AvgIpc) is 2.65. The second-order valence-electron chi connectivity index (χ2n) is 4.97. The van der Waals surface area contributed by atoms with E-state index in [9.17, 15) is 27.6 Å². The van der Waals surface area contributed by atoms with Gasteiger partial charge in [0.15, 0.2) is 24.1 Å². The molecule has 1 aromatic carbocycles. The number of rotatable bonds is 6. The number of pyridine rings is 1. The van der Waals surface area contributed by atoms with E-state index in [4.69, 9.17) is 16.3 Å². The molecule has 0 aliphatic rings. The highest BCUT2D eigenvalue weighted by atomic mass is 35.5. The second kappa shape index (κ2) is 8.99. The van der Waals surface area contributed by atoms with Crippen LogP contribution in [0.1, 0.15) is 10.4 Å². The molecule has 142 valence electrons. The van der Waals surface area contributed by atoms with Crippen molar-refractivity contribution >= 4 is 35.1 Å². The number of ether oxygens (including phenoxy) is 1. The van der Waals surface area contributed by atoms with E-state index in [1.54, 1.807) is 0 Å². The molecule has 2 N–H and O–H groups in total. The van der Waals surface area contributed by atoms with Crippen LogP contribution in [0.3, 0.4) is 0 Å². The van der Waals surface area contributed by atoms with Gasteiger partial charge in [0.2, 0.25) is 5.91 Å². The van der Waals surface area contributed by atoms with Crippen molar-refractivity contribution < 1.29 is 32.3 Å². The first-order chi connectivity index (χ1) is 12.8. The summed E-state index contributed by atoms with van der Waals surface area (Å²) in [6.45, 7) is -1.33. The predicted molar refractivity (Wildman–Crippen MR) is 87.5 cm³/mol. The standard InChI is InChI=1S/C16H11ClF3N3O4/c17-15-8(2-1-5-21-15)16(26)27-7-12(25)22-6-11(24)23-10-4-3-9(18)13(19)14(10)20/h1-5H,6-7H2,(H,22,25)(H,23,24). The van der Waals surface area contributed by atoms with E-state index in [0.717, 1.165) is 6.07 Å². The first-order valence-electron chi connectivity index (χ1n) is 7.27. The lowest BCUT2D eigenvalue weighted by Crippen LogP contribution is -2.35. The van der Waals surface area contributed by atoms with E-state index < -0.39 is 54.1 Å². The van der Waals surface area contributed by atoms with Gasteiger partial charge in [0.1, 0.15) is 5.15 Å². The van der Waals surface area contributed by atoms with Gasteiger partial charge < -0.3 is 15.4 Å². The third kappa shape index (κ3) is 5.42. The Morgan fingerprint density at radius 2 is 1.81 bits per heavy atom. The number of anilines is 1. The van der Waals surface area contributed by atoms with E-state index >= 15 is 0 Å². The normalized spacial score (nSPS) is 10.2. The molecule has 0 spiro atoms. The van der Waals surface area contributed by atoms with E-state index in [2.05, 4.69) is 10.3 Å². The molecule has 0 aliphatic heterocycles. The zero-order chi connectivity index (χ0) is 20.0. The van der Waals surface area contributed by atoms with Crippen molar-refractivity contribution in [2.45, 2.75) is 0 Å². The minimum absolute atomic E-state index is 0.0430. The van der Waals surface area contributed by atoms with Gasteiger partial charge in [0.05, 0.1) is 17.8 Å². The highest BCUT2D eigenvalue weighted by molar-refractivity contribution is 6.32. The van der Waals surface area contributed by atoms with Crippen molar-refractivity contribution in [3.63, 3.8) is 0 Å². The molecule has 0 unspecified atom stereocenters. The summed E-state index contributed by atoms with van der Waals surface area (Å²) in [7, 11) is 0. The minimum Gasteiger partial charge on any atom is -0.452 e. The van der Waals surface area contributed by atoms with E-state index in [-0.39, 0.29) is 10.7 Å². The maximum absolute atomic E-state index is 13.4. The summed E-state index contributed by atoms with van der Waals surface area (Å²) >= 11 is 5.70. The fraction of sp³-hybridized carbons (Fsp3) is 0.125. The van der Waals surface area contributed by atoms with Crippen LogP contribution in [-0.4, -0.2) is 35.9 Å². The summed E-state index contributed by atoms with van der Waals surface area (Å²) in [6, 6.07) is 4.26. The van der Waals surface area contributed by atoms with Gasteiger partial charge in [0, 0.05) is 6.20 Å². The molecule has 1 heterocycles. The molecule has 0 radical (unpaired) electrons. The minimum atomic E-state index is -1.74. The van der Waals surface area contributed by atoms with Crippen LogP contribution >= 0.6 is 11.6 Å². The van der Waals surface area contributed by atoms with Crippen molar-refractivity contribution in [1.82, 2.24) is 10.3 Å². The van der Waals surface area contributed by atoms with Crippen molar-refractivity contribution in [3.05, 3.63) is 58.6 Å². The van der Waals surface area contributed by atoms with E-state index in [1.165, 1.54) is 18.3 Å². The average molecular weight is 402 g/mol. The maximum Gasteiger partial charge on any atom is 0.341 e. The van der Waals surface area contributed by atoms with Crippen LogP contribution in [-0.2, 0) is 14.3 Å². The zero-order valence-corrected chi connectivity index (χ0v) is 14.1. The van der Waals surface area contributed by atoms with Crippen LogP contribution in [0.5, 0.6) is 0 Å². The molecule has 27 heavy (non-hydrogen) atoms. The van der Waals surface area contributed by atoms with Crippen molar-refractivity contribution in [2.24, 2.45) is 0 Å². The molecule has 2 amide bonds. The summed E-state index contributed by atoms with van der Waals surface area (Å²) in [6.07, 6.45) is 1.36. The molecule has 7 nitrogen and oxygen atoms in total. The Kier molecular flexibility index (Phi) is 6.72. The van der Waals surface area contributed by atoms with Crippen LogP contribution < -0.4 is 10.6 Å². The number of hydrogen-bond acceptors (Lipinski definition) is 5. The van der Waals surface area contributed by atoms with Gasteiger partial charge in [-0.3, -0.25) is 9.59 Å². The molecule has 0 bridgehead atoms. The summed E-state index contributed by atoms with van der Waals surface area (Å²) in [5.41, 5.74) is -0.635. The van der Waals surface area contributed by atoms with Crippen LogP contribution in [0.25, 0.3) is 0 Å². The van der Waals surface area contributed by atoms with Gasteiger partial charge in [-0.05, 0) is 24.3 Å². The fourth-order valence-corrected chi connectivity index (χ4v) is 1.99. The lowest BCUT2D eigenvalue weighted by atomic mass is 10.2. The molecule has 0 atom stereocenters. The third-order valence-electron chi connectivity index (χ3n) is 3.07. The molecule has 0 aliphatic carbocycles. The first kappa shape index (κ1) is 20.2. The molecule has 0 fully saturated rings. The lowest BCUT2D eigenvalue weighted by molar-refractivity contribution is -0.126. The SMILES string of the molecule is O=C(COC(=O)c1cccnc1Cl)NCC(=O)Nc1ccc(F)c(F)c1F. The van der Waals surface area contributed by atoms with Crippen LogP contribution in [0, 0.1) is 17.5 Å². The van der Waals surface area contributed by atoms with Crippen LogP contribution in [0.4, 0.5) is 18.9 Å². The third-order valence-corrected chi connectivity index (χ3v) is 3.37. The molecule has 2 aromatic rings. The van der Waals surface area contributed by atoms with E-state index in [1.807, 2.05) is 5.32 Å². The van der Waals surface area contributed by atoms with Gasteiger partial charge in [-0.1, -0.05) is 11.6 Å². The number of nitrogens with zero attached hydrogens (tertiary/aromatic N) is 1. The number of halogens is 4. The molecule has 0 saturated heterocycles. The Hall–Kier alpha value is -3.14. The van der Waals surface area contributed by atoms with Crippen molar-refractivity contribution in [1.29, 1.82) is 0 Å². The number of benzene rings is 1. The molecule has 0 saturated carbocycles. The first-order valence-corrected chi connectivity index (χ1v) is 7.65. The highest BCUT2D eigenvalue weighted by Gasteiger charge is 2.17. The number of nitrogens with one attached hydrogen (secondary N) is 2. The zero-order valence-electron chi connectivity index (χ0n) is 13.4. The monoisotopic (exact) mass is 401 g/mol. The summed E-state index contributed by atoms with van der Waals surface area (Å²) < 4.78 is 44.0. The number of carbonyl (C=O) groups is 3. The Morgan fingerprint density at radius 3 is 2.52 bits per heavy atom. The Bertz CT molecular complexity index is 895. The van der Waals surface area contributed by atoms with Gasteiger partial charge in [-0.25, -0.2) is 22.9 Å².